The largest absolute Gasteiger partial charge is 0.489 e. The van der Waals surface area contributed by atoms with Crippen molar-refractivity contribution in [1.82, 2.24) is 4.98 Å². The highest BCUT2D eigenvalue weighted by molar-refractivity contribution is 5.25. The van der Waals surface area contributed by atoms with Crippen molar-refractivity contribution in [3.8, 4) is 5.75 Å². The van der Waals surface area contributed by atoms with E-state index >= 15 is 0 Å². The van der Waals surface area contributed by atoms with Crippen LogP contribution in [0.2, 0.25) is 0 Å². The number of nitrogens with zero attached hydrogens (tertiary/aromatic N) is 1. The lowest BCUT2D eigenvalue weighted by Crippen LogP contribution is -2.03. The van der Waals surface area contributed by atoms with E-state index in [1.54, 1.807) is 12.3 Å². The van der Waals surface area contributed by atoms with E-state index in [1.165, 1.54) is 0 Å². The number of aromatic nitrogens is 1. The first-order chi connectivity index (χ1) is 5.34. The van der Waals surface area contributed by atoms with Crippen molar-refractivity contribution in [3.63, 3.8) is 0 Å². The fourth-order valence-corrected chi connectivity index (χ4v) is 0.778. The van der Waals surface area contributed by atoms with E-state index in [4.69, 9.17) is 9.84 Å². The summed E-state index contributed by atoms with van der Waals surface area (Å²) in [6.45, 7) is 2.23. The van der Waals surface area contributed by atoms with Gasteiger partial charge in [-0.15, -0.1) is 0 Å². The molecule has 0 fully saturated rings. The number of ether oxygens (including phenoxy) is 1. The summed E-state index contributed by atoms with van der Waals surface area (Å²) >= 11 is 0. The van der Waals surface area contributed by atoms with E-state index in [0.29, 0.717) is 6.61 Å². The van der Waals surface area contributed by atoms with Crippen molar-refractivity contribution in [1.29, 1.82) is 0 Å². The second-order valence-corrected chi connectivity index (χ2v) is 2.16. The summed E-state index contributed by atoms with van der Waals surface area (Å²) in [4.78, 5) is 4.03. The van der Waals surface area contributed by atoms with Crippen LogP contribution in [0.1, 0.15) is 5.69 Å². The topological polar surface area (TPSA) is 42.4 Å². The average Bonchev–Trinajstić information content (AvgIpc) is 2.03. The van der Waals surface area contributed by atoms with E-state index in [1.807, 2.05) is 13.0 Å². The summed E-state index contributed by atoms with van der Waals surface area (Å²) in [5, 5.41) is 8.47. The Morgan fingerprint density at radius 2 is 2.45 bits per heavy atom. The van der Waals surface area contributed by atoms with E-state index in [-0.39, 0.29) is 6.61 Å². The van der Waals surface area contributed by atoms with Gasteiger partial charge in [0.2, 0.25) is 0 Å². The molecule has 0 saturated carbocycles. The number of hydrogen-bond acceptors (Lipinski definition) is 3. The van der Waals surface area contributed by atoms with Gasteiger partial charge in [-0.1, -0.05) is 0 Å². The van der Waals surface area contributed by atoms with E-state index in [2.05, 4.69) is 4.98 Å². The van der Waals surface area contributed by atoms with Gasteiger partial charge in [0.25, 0.3) is 0 Å². The molecule has 0 aliphatic heterocycles. The number of pyridine rings is 1. The van der Waals surface area contributed by atoms with Gasteiger partial charge in [0.15, 0.2) is 0 Å². The molecule has 1 aromatic rings. The molecule has 0 spiro atoms. The Bertz CT molecular complexity index is 225. The minimum atomic E-state index is 0.0360. The van der Waals surface area contributed by atoms with E-state index < -0.39 is 0 Å². The summed E-state index contributed by atoms with van der Waals surface area (Å²) in [5.41, 5.74) is 0.848. The molecule has 11 heavy (non-hydrogen) atoms. The van der Waals surface area contributed by atoms with Gasteiger partial charge in [-0.2, -0.15) is 0 Å². The summed E-state index contributed by atoms with van der Waals surface area (Å²) in [5.74, 6) is 0.738. The predicted molar refractivity (Wildman–Crippen MR) is 41.6 cm³/mol. The number of aliphatic hydroxyl groups is 1. The van der Waals surface area contributed by atoms with E-state index in [0.717, 1.165) is 11.4 Å². The fourth-order valence-electron chi connectivity index (χ4n) is 0.778. The van der Waals surface area contributed by atoms with Crippen LogP contribution in [0, 0.1) is 6.92 Å². The van der Waals surface area contributed by atoms with Gasteiger partial charge in [0, 0.05) is 6.20 Å². The number of aryl methyl sites for hydroxylation is 1. The van der Waals surface area contributed by atoms with Gasteiger partial charge < -0.3 is 9.84 Å². The fraction of sp³-hybridized carbons (Fsp3) is 0.375. The molecule has 0 aliphatic carbocycles. The van der Waals surface area contributed by atoms with Crippen LogP contribution in [0.5, 0.6) is 5.75 Å². The zero-order valence-corrected chi connectivity index (χ0v) is 6.45. The second kappa shape index (κ2) is 3.93. The Kier molecular flexibility index (Phi) is 2.86. The van der Waals surface area contributed by atoms with Crippen LogP contribution in [0.15, 0.2) is 18.3 Å². The van der Waals surface area contributed by atoms with Crippen LogP contribution in [-0.2, 0) is 0 Å². The Hall–Kier alpha value is -1.09. The molecule has 3 nitrogen and oxygen atoms in total. The molecule has 0 atom stereocenters. The third kappa shape index (κ3) is 2.20. The molecule has 0 saturated heterocycles. The third-order valence-corrected chi connectivity index (χ3v) is 1.31. The smallest absolute Gasteiger partial charge is 0.140 e. The molecule has 1 aromatic heterocycles. The zero-order chi connectivity index (χ0) is 8.10. The highest BCUT2D eigenvalue weighted by atomic mass is 16.5. The van der Waals surface area contributed by atoms with Crippen LogP contribution in [0.3, 0.4) is 0 Å². The first kappa shape index (κ1) is 8.01. The predicted octanol–water partition coefficient (Wildman–Crippen LogP) is 0.761. The minimum absolute atomic E-state index is 0.0360. The molecule has 0 unspecified atom stereocenters. The molecule has 0 radical (unpaired) electrons. The molecule has 0 amide bonds. The standard InChI is InChI=1S/C8H11NO2/c1-7-8(11-6-5-10)3-2-4-9-7/h2-4,10H,5-6H2,1H3. The van der Waals surface area contributed by atoms with Gasteiger partial charge in [-0.3, -0.25) is 4.98 Å². The van der Waals surface area contributed by atoms with Gasteiger partial charge in [0.1, 0.15) is 12.4 Å². The summed E-state index contributed by atoms with van der Waals surface area (Å²) in [7, 11) is 0. The van der Waals surface area contributed by atoms with Crippen molar-refractivity contribution < 1.29 is 9.84 Å². The lowest BCUT2D eigenvalue weighted by molar-refractivity contribution is 0.200. The SMILES string of the molecule is Cc1ncccc1OCCO. The maximum Gasteiger partial charge on any atom is 0.140 e. The normalized spacial score (nSPS) is 9.64. The minimum Gasteiger partial charge on any atom is -0.489 e. The molecule has 0 bridgehead atoms. The number of aliphatic hydroxyl groups excluding tert-OH is 1. The van der Waals surface area contributed by atoms with Crippen LogP contribution >= 0.6 is 0 Å². The van der Waals surface area contributed by atoms with Crippen molar-refractivity contribution in [2.75, 3.05) is 13.2 Å². The van der Waals surface area contributed by atoms with Crippen LogP contribution < -0.4 is 4.74 Å². The quantitative estimate of drug-likeness (QED) is 0.697. The molecule has 1 rings (SSSR count). The molecule has 1 N–H and O–H groups in total. The van der Waals surface area contributed by atoms with E-state index in [9.17, 15) is 0 Å². The molecule has 0 aromatic carbocycles. The van der Waals surface area contributed by atoms with Crippen molar-refractivity contribution in [3.05, 3.63) is 24.0 Å². The Morgan fingerprint density at radius 1 is 1.64 bits per heavy atom. The Labute approximate surface area is 65.7 Å². The van der Waals surface area contributed by atoms with Gasteiger partial charge in [-0.25, -0.2) is 0 Å². The molecule has 60 valence electrons. The Morgan fingerprint density at radius 3 is 3.09 bits per heavy atom. The monoisotopic (exact) mass is 153 g/mol. The lowest BCUT2D eigenvalue weighted by Gasteiger charge is -2.04. The molecular weight excluding hydrogens is 142 g/mol. The molecular formula is C8H11NO2. The van der Waals surface area contributed by atoms with Gasteiger partial charge in [0.05, 0.1) is 12.3 Å². The maximum atomic E-state index is 8.47. The summed E-state index contributed by atoms with van der Waals surface area (Å²) < 4.78 is 5.17. The van der Waals surface area contributed by atoms with Crippen molar-refractivity contribution in [2.45, 2.75) is 6.92 Å². The molecule has 0 aliphatic rings. The Balaban J connectivity index is 2.62. The lowest BCUT2D eigenvalue weighted by atomic mass is 10.3. The second-order valence-electron chi connectivity index (χ2n) is 2.16. The first-order valence-electron chi connectivity index (χ1n) is 3.50. The highest BCUT2D eigenvalue weighted by Crippen LogP contribution is 2.12. The van der Waals surface area contributed by atoms with Gasteiger partial charge in [-0.05, 0) is 19.1 Å². The van der Waals surface area contributed by atoms with Gasteiger partial charge >= 0.3 is 0 Å². The number of hydrogen-bond donors (Lipinski definition) is 1. The first-order valence-corrected chi connectivity index (χ1v) is 3.50. The molecule has 1 heterocycles. The number of rotatable bonds is 3. The highest BCUT2D eigenvalue weighted by Gasteiger charge is 1.96. The zero-order valence-electron chi connectivity index (χ0n) is 6.45. The van der Waals surface area contributed by atoms with Crippen molar-refractivity contribution >= 4 is 0 Å². The maximum absolute atomic E-state index is 8.47. The summed E-state index contributed by atoms with van der Waals surface area (Å²) in [6, 6.07) is 3.64. The third-order valence-electron chi connectivity index (χ3n) is 1.31. The van der Waals surface area contributed by atoms with Crippen molar-refractivity contribution in [2.24, 2.45) is 0 Å². The van der Waals surface area contributed by atoms with Crippen LogP contribution in [-0.4, -0.2) is 23.3 Å². The van der Waals surface area contributed by atoms with Crippen LogP contribution in [0.25, 0.3) is 0 Å². The molecule has 3 heteroatoms. The van der Waals surface area contributed by atoms with Crippen LogP contribution in [0.4, 0.5) is 0 Å². The average molecular weight is 153 g/mol. The summed E-state index contributed by atoms with van der Waals surface area (Å²) in [6.07, 6.45) is 1.71.